The topological polar surface area (TPSA) is 43.6 Å². The lowest BCUT2D eigenvalue weighted by Gasteiger charge is -2.02. The van der Waals surface area contributed by atoms with E-state index in [0.29, 0.717) is 5.88 Å². The smallest absolute Gasteiger partial charge is 0.155 e. The Morgan fingerprint density at radius 3 is 2.67 bits per heavy atom. The summed E-state index contributed by atoms with van der Waals surface area (Å²) in [5.74, 6) is 2.73. The molecule has 2 rings (SSSR count). The molecule has 0 spiro atoms. The molecule has 0 amide bonds. The summed E-state index contributed by atoms with van der Waals surface area (Å²) >= 11 is 5.72. The molecule has 0 aliphatic heterocycles. The van der Waals surface area contributed by atoms with Gasteiger partial charge in [-0.25, -0.2) is 9.97 Å². The van der Waals surface area contributed by atoms with Crippen molar-refractivity contribution in [1.82, 2.24) is 19.7 Å². The number of rotatable bonds is 2. The number of pyridine rings is 1. The van der Waals surface area contributed by atoms with E-state index in [1.165, 1.54) is 0 Å². The van der Waals surface area contributed by atoms with Crippen LogP contribution in [0.1, 0.15) is 17.3 Å². The van der Waals surface area contributed by atoms with Crippen LogP contribution in [0.2, 0.25) is 0 Å². The van der Waals surface area contributed by atoms with Crippen molar-refractivity contribution in [3.8, 4) is 5.82 Å². The van der Waals surface area contributed by atoms with Gasteiger partial charge in [0, 0.05) is 0 Å². The van der Waals surface area contributed by atoms with Crippen LogP contribution in [0.4, 0.5) is 0 Å². The predicted molar refractivity (Wildman–Crippen MR) is 58.2 cm³/mol. The first-order valence-corrected chi connectivity index (χ1v) is 5.16. The van der Waals surface area contributed by atoms with Crippen molar-refractivity contribution >= 4 is 11.6 Å². The number of alkyl halides is 1. The zero-order valence-corrected chi connectivity index (χ0v) is 9.36. The monoisotopic (exact) mass is 222 g/mol. The summed E-state index contributed by atoms with van der Waals surface area (Å²) in [7, 11) is 0. The Morgan fingerprint density at radius 1 is 1.27 bits per heavy atom. The number of hydrogen-bond donors (Lipinski definition) is 0. The molecule has 0 unspecified atom stereocenters. The van der Waals surface area contributed by atoms with Gasteiger partial charge in [-0.2, -0.15) is 4.68 Å². The largest absolute Gasteiger partial charge is 0.232 e. The molecule has 15 heavy (non-hydrogen) atoms. The molecular weight excluding hydrogens is 212 g/mol. The highest BCUT2D eigenvalue weighted by molar-refractivity contribution is 6.16. The fraction of sp³-hybridized carbons (Fsp3) is 0.300. The lowest BCUT2D eigenvalue weighted by atomic mass is 10.4. The summed E-state index contributed by atoms with van der Waals surface area (Å²) in [4.78, 5) is 8.59. The summed E-state index contributed by atoms with van der Waals surface area (Å²) < 4.78 is 1.71. The molecule has 2 heterocycles. The lowest BCUT2D eigenvalue weighted by Crippen LogP contribution is -2.03. The van der Waals surface area contributed by atoms with Gasteiger partial charge in [-0.15, -0.1) is 16.7 Å². The van der Waals surface area contributed by atoms with E-state index in [-0.39, 0.29) is 0 Å². The zero-order chi connectivity index (χ0) is 10.8. The first-order chi connectivity index (χ1) is 7.20. The van der Waals surface area contributed by atoms with E-state index in [1.807, 2.05) is 32.0 Å². The van der Waals surface area contributed by atoms with E-state index in [4.69, 9.17) is 11.6 Å². The third-order valence-corrected chi connectivity index (χ3v) is 2.29. The standard InChI is InChI=1S/C10H11ClN4/c1-7-12-8(2)15(14-7)10-5-3-4-9(6-11)13-10/h3-5H,6H2,1-2H3. The maximum Gasteiger partial charge on any atom is 0.155 e. The highest BCUT2D eigenvalue weighted by Gasteiger charge is 2.06. The van der Waals surface area contributed by atoms with Gasteiger partial charge in [0.25, 0.3) is 0 Å². The third kappa shape index (κ3) is 1.99. The van der Waals surface area contributed by atoms with Gasteiger partial charge in [-0.05, 0) is 26.0 Å². The average Bonchev–Trinajstić information content (AvgIpc) is 2.58. The van der Waals surface area contributed by atoms with E-state index in [1.54, 1.807) is 4.68 Å². The van der Waals surface area contributed by atoms with Crippen LogP contribution in [0, 0.1) is 13.8 Å². The third-order valence-electron chi connectivity index (χ3n) is 2.02. The van der Waals surface area contributed by atoms with E-state index < -0.39 is 0 Å². The van der Waals surface area contributed by atoms with Gasteiger partial charge < -0.3 is 0 Å². The highest BCUT2D eigenvalue weighted by Crippen LogP contribution is 2.08. The quantitative estimate of drug-likeness (QED) is 0.731. The van der Waals surface area contributed by atoms with Crippen molar-refractivity contribution in [2.24, 2.45) is 0 Å². The maximum atomic E-state index is 5.72. The second-order valence-corrected chi connectivity index (χ2v) is 3.51. The van der Waals surface area contributed by atoms with Crippen molar-refractivity contribution in [2.45, 2.75) is 19.7 Å². The van der Waals surface area contributed by atoms with Gasteiger partial charge in [0.15, 0.2) is 5.82 Å². The molecule has 0 saturated carbocycles. The molecule has 0 atom stereocenters. The number of aromatic nitrogens is 4. The van der Waals surface area contributed by atoms with Crippen molar-refractivity contribution in [3.05, 3.63) is 35.5 Å². The SMILES string of the molecule is Cc1nc(C)n(-c2cccc(CCl)n2)n1. The van der Waals surface area contributed by atoms with Crippen LogP contribution in [0.3, 0.4) is 0 Å². The van der Waals surface area contributed by atoms with E-state index >= 15 is 0 Å². The number of nitrogens with zero attached hydrogens (tertiary/aromatic N) is 4. The van der Waals surface area contributed by atoms with Gasteiger partial charge in [0.05, 0.1) is 11.6 Å². The average molecular weight is 223 g/mol. The second kappa shape index (κ2) is 3.98. The number of halogens is 1. The Bertz CT molecular complexity index is 478. The highest BCUT2D eigenvalue weighted by atomic mass is 35.5. The minimum absolute atomic E-state index is 0.403. The normalized spacial score (nSPS) is 10.6. The lowest BCUT2D eigenvalue weighted by molar-refractivity contribution is 0.798. The van der Waals surface area contributed by atoms with Crippen molar-refractivity contribution < 1.29 is 0 Å². The van der Waals surface area contributed by atoms with Gasteiger partial charge in [-0.1, -0.05) is 6.07 Å². The van der Waals surface area contributed by atoms with E-state index in [9.17, 15) is 0 Å². The second-order valence-electron chi connectivity index (χ2n) is 3.24. The van der Waals surface area contributed by atoms with Gasteiger partial charge in [-0.3, -0.25) is 0 Å². The van der Waals surface area contributed by atoms with Crippen molar-refractivity contribution in [2.75, 3.05) is 0 Å². The van der Waals surface area contributed by atoms with Gasteiger partial charge >= 0.3 is 0 Å². The molecule has 0 radical (unpaired) electrons. The molecule has 0 aliphatic rings. The molecular formula is C10H11ClN4. The molecule has 0 N–H and O–H groups in total. The summed E-state index contributed by atoms with van der Waals surface area (Å²) in [6, 6.07) is 5.68. The Labute approximate surface area is 92.9 Å². The summed E-state index contributed by atoms with van der Waals surface area (Å²) in [5.41, 5.74) is 0.835. The predicted octanol–water partition coefficient (Wildman–Crippen LogP) is 2.02. The molecule has 2 aromatic heterocycles. The van der Waals surface area contributed by atoms with Crippen molar-refractivity contribution in [3.63, 3.8) is 0 Å². The fourth-order valence-electron chi connectivity index (χ4n) is 1.40. The Hall–Kier alpha value is -1.42. The van der Waals surface area contributed by atoms with Crippen LogP contribution in [0.5, 0.6) is 0 Å². The van der Waals surface area contributed by atoms with Crippen LogP contribution < -0.4 is 0 Å². The van der Waals surface area contributed by atoms with Crippen molar-refractivity contribution in [1.29, 1.82) is 0 Å². The molecule has 0 aliphatic carbocycles. The van der Waals surface area contributed by atoms with E-state index in [2.05, 4.69) is 15.1 Å². The maximum absolute atomic E-state index is 5.72. The number of hydrogen-bond acceptors (Lipinski definition) is 3. The van der Waals surface area contributed by atoms with Crippen LogP contribution >= 0.6 is 11.6 Å². The fourth-order valence-corrected chi connectivity index (χ4v) is 1.55. The molecule has 0 aromatic carbocycles. The summed E-state index contributed by atoms with van der Waals surface area (Å²) in [6.07, 6.45) is 0. The molecule has 4 nitrogen and oxygen atoms in total. The Kier molecular flexibility index (Phi) is 2.68. The summed E-state index contributed by atoms with van der Waals surface area (Å²) in [5, 5.41) is 4.26. The summed E-state index contributed by atoms with van der Waals surface area (Å²) in [6.45, 7) is 3.75. The molecule has 0 saturated heterocycles. The first kappa shape index (κ1) is 10.1. The molecule has 2 aromatic rings. The van der Waals surface area contributed by atoms with Crippen LogP contribution in [0.15, 0.2) is 18.2 Å². The first-order valence-electron chi connectivity index (χ1n) is 4.63. The minimum Gasteiger partial charge on any atom is -0.232 e. The van der Waals surface area contributed by atoms with Gasteiger partial charge in [0.1, 0.15) is 11.6 Å². The Morgan fingerprint density at radius 2 is 2.07 bits per heavy atom. The molecule has 0 fully saturated rings. The van der Waals surface area contributed by atoms with Crippen LogP contribution in [-0.4, -0.2) is 19.7 Å². The zero-order valence-electron chi connectivity index (χ0n) is 8.61. The molecule has 78 valence electrons. The number of aryl methyl sites for hydroxylation is 2. The van der Waals surface area contributed by atoms with Crippen LogP contribution in [0.25, 0.3) is 5.82 Å². The molecule has 5 heteroatoms. The van der Waals surface area contributed by atoms with E-state index in [0.717, 1.165) is 23.2 Å². The Balaban J connectivity index is 2.49. The van der Waals surface area contributed by atoms with Gasteiger partial charge in [0.2, 0.25) is 0 Å². The molecule has 0 bridgehead atoms. The van der Waals surface area contributed by atoms with Crippen LogP contribution in [-0.2, 0) is 5.88 Å². The minimum atomic E-state index is 0.403.